The lowest BCUT2D eigenvalue weighted by Gasteiger charge is -2.16. The molecule has 3 rings (SSSR count). The van der Waals surface area contributed by atoms with Crippen LogP contribution in [0.25, 0.3) is 0 Å². The van der Waals surface area contributed by atoms with Crippen molar-refractivity contribution < 1.29 is 19.1 Å². The Morgan fingerprint density at radius 2 is 1.84 bits per heavy atom. The lowest BCUT2D eigenvalue weighted by Crippen LogP contribution is -2.16. The molecule has 0 fully saturated rings. The molecule has 0 saturated carbocycles. The number of nitrogens with zero attached hydrogens (tertiary/aromatic N) is 3. The third kappa shape index (κ3) is 5.79. The minimum atomic E-state index is -0.425. The Kier molecular flexibility index (Phi) is 6.81. The summed E-state index contributed by atoms with van der Waals surface area (Å²) < 4.78 is 10.3. The van der Waals surface area contributed by atoms with Crippen molar-refractivity contribution in [1.29, 1.82) is 0 Å². The summed E-state index contributed by atoms with van der Waals surface area (Å²) in [5, 5.41) is 2.87. The lowest BCUT2D eigenvalue weighted by atomic mass is 10.1. The van der Waals surface area contributed by atoms with Crippen molar-refractivity contribution in [2.75, 3.05) is 31.4 Å². The number of hydrogen-bond donors (Lipinski definition) is 1. The molecule has 1 aromatic heterocycles. The van der Waals surface area contributed by atoms with Gasteiger partial charge >= 0.3 is 5.97 Å². The first-order valence-corrected chi connectivity index (χ1v) is 9.61. The summed E-state index contributed by atoms with van der Waals surface area (Å²) in [5.74, 6) is 1.42. The van der Waals surface area contributed by atoms with E-state index in [1.165, 1.54) is 13.1 Å². The third-order valence-electron chi connectivity index (χ3n) is 4.37. The van der Waals surface area contributed by atoms with Crippen LogP contribution < -0.4 is 19.7 Å². The van der Waals surface area contributed by atoms with Crippen LogP contribution in [-0.2, 0) is 11.2 Å². The van der Waals surface area contributed by atoms with Gasteiger partial charge in [0.1, 0.15) is 11.6 Å². The maximum Gasteiger partial charge on any atom is 0.308 e. The first-order chi connectivity index (χ1) is 14.9. The van der Waals surface area contributed by atoms with Crippen molar-refractivity contribution in [1.82, 2.24) is 9.97 Å². The number of aromatic nitrogens is 2. The van der Waals surface area contributed by atoms with Crippen LogP contribution in [0.1, 0.15) is 28.7 Å². The van der Waals surface area contributed by atoms with Gasteiger partial charge < -0.3 is 19.7 Å². The highest BCUT2D eigenvalue weighted by molar-refractivity contribution is 6.04. The molecular formula is C23H24N4O4. The Morgan fingerprint density at radius 3 is 2.48 bits per heavy atom. The predicted octanol–water partition coefficient (Wildman–Crippen LogP) is 3.32. The standard InChI is InChI=1S/C23H24N4O4/c1-15(28)31-20-14-24-21(26-22(20)27(2)3)12-16-8-10-18(11-9-16)25-23(29)17-6-5-7-19(13-17)30-4/h5-11,13-14H,12H2,1-4H3,(H,25,29). The second-order valence-electron chi connectivity index (χ2n) is 7.02. The highest BCUT2D eigenvalue weighted by Crippen LogP contribution is 2.24. The number of nitrogens with one attached hydrogen (secondary N) is 1. The molecule has 1 amide bonds. The van der Waals surface area contributed by atoms with E-state index in [-0.39, 0.29) is 5.91 Å². The largest absolute Gasteiger partial charge is 0.497 e. The number of carbonyl (C=O) groups excluding carboxylic acids is 2. The van der Waals surface area contributed by atoms with Crippen molar-refractivity contribution in [3.05, 3.63) is 71.7 Å². The summed E-state index contributed by atoms with van der Waals surface area (Å²) in [6.45, 7) is 1.34. The number of rotatable bonds is 7. The topological polar surface area (TPSA) is 93.7 Å². The zero-order chi connectivity index (χ0) is 22.4. The molecule has 0 bridgehead atoms. The number of methoxy groups -OCH3 is 1. The van der Waals surface area contributed by atoms with E-state index in [2.05, 4.69) is 15.3 Å². The van der Waals surface area contributed by atoms with Gasteiger partial charge in [-0.05, 0) is 35.9 Å². The van der Waals surface area contributed by atoms with E-state index < -0.39 is 5.97 Å². The Bertz CT molecular complexity index is 1080. The maximum absolute atomic E-state index is 12.4. The van der Waals surface area contributed by atoms with Gasteiger partial charge in [-0.25, -0.2) is 9.97 Å². The van der Waals surface area contributed by atoms with Gasteiger partial charge in [0.25, 0.3) is 5.91 Å². The number of esters is 1. The van der Waals surface area contributed by atoms with E-state index in [0.717, 1.165) is 5.56 Å². The van der Waals surface area contributed by atoms with Gasteiger partial charge in [-0.3, -0.25) is 9.59 Å². The second-order valence-corrected chi connectivity index (χ2v) is 7.02. The summed E-state index contributed by atoms with van der Waals surface area (Å²) in [6, 6.07) is 14.4. The number of hydrogen-bond acceptors (Lipinski definition) is 7. The van der Waals surface area contributed by atoms with Gasteiger partial charge in [0, 0.05) is 38.7 Å². The Morgan fingerprint density at radius 1 is 1.10 bits per heavy atom. The van der Waals surface area contributed by atoms with Crippen LogP contribution in [0.5, 0.6) is 11.5 Å². The molecule has 0 spiro atoms. The highest BCUT2D eigenvalue weighted by Gasteiger charge is 2.13. The Labute approximate surface area is 180 Å². The van der Waals surface area contributed by atoms with Gasteiger partial charge in [-0.2, -0.15) is 0 Å². The fourth-order valence-electron chi connectivity index (χ4n) is 2.89. The van der Waals surface area contributed by atoms with E-state index >= 15 is 0 Å². The van der Waals surface area contributed by atoms with Crippen molar-refractivity contribution in [3.8, 4) is 11.5 Å². The average Bonchev–Trinajstić information content (AvgIpc) is 2.75. The normalized spacial score (nSPS) is 10.3. The van der Waals surface area contributed by atoms with Gasteiger partial charge in [0.05, 0.1) is 13.3 Å². The van der Waals surface area contributed by atoms with Crippen molar-refractivity contribution in [2.45, 2.75) is 13.3 Å². The van der Waals surface area contributed by atoms with Crippen LogP contribution in [-0.4, -0.2) is 43.0 Å². The SMILES string of the molecule is COc1cccc(C(=O)Nc2ccc(Cc3ncc(OC(C)=O)c(N(C)C)n3)cc2)c1. The second kappa shape index (κ2) is 9.71. The number of carbonyl (C=O) groups is 2. The molecule has 0 radical (unpaired) electrons. The fourth-order valence-corrected chi connectivity index (χ4v) is 2.89. The van der Waals surface area contributed by atoms with E-state index in [9.17, 15) is 9.59 Å². The van der Waals surface area contributed by atoms with Gasteiger partial charge in [-0.15, -0.1) is 0 Å². The zero-order valence-corrected chi connectivity index (χ0v) is 17.9. The number of anilines is 2. The van der Waals surface area contributed by atoms with Crippen LogP contribution in [0.4, 0.5) is 11.5 Å². The quantitative estimate of drug-likeness (QED) is 0.586. The van der Waals surface area contributed by atoms with Crippen molar-refractivity contribution in [3.63, 3.8) is 0 Å². The molecule has 2 aromatic carbocycles. The van der Waals surface area contributed by atoms with Gasteiger partial charge in [0.15, 0.2) is 11.6 Å². The van der Waals surface area contributed by atoms with Crippen LogP contribution in [0.15, 0.2) is 54.7 Å². The summed E-state index contributed by atoms with van der Waals surface area (Å²) in [7, 11) is 5.20. The monoisotopic (exact) mass is 420 g/mol. The molecule has 0 aliphatic carbocycles. The molecular weight excluding hydrogens is 396 g/mol. The summed E-state index contributed by atoms with van der Waals surface area (Å²) >= 11 is 0. The molecule has 0 unspecified atom stereocenters. The Balaban J connectivity index is 1.69. The van der Waals surface area contributed by atoms with Crippen LogP contribution in [0, 0.1) is 0 Å². The first kappa shape index (κ1) is 21.8. The average molecular weight is 420 g/mol. The summed E-state index contributed by atoms with van der Waals surface area (Å²) in [5.41, 5.74) is 2.17. The smallest absolute Gasteiger partial charge is 0.308 e. The summed E-state index contributed by atoms with van der Waals surface area (Å²) in [6.07, 6.45) is 1.99. The number of ether oxygens (including phenoxy) is 2. The molecule has 1 heterocycles. The molecule has 0 aliphatic rings. The van der Waals surface area contributed by atoms with E-state index in [1.54, 1.807) is 36.3 Å². The van der Waals surface area contributed by atoms with Crippen LogP contribution >= 0.6 is 0 Å². The Hall–Kier alpha value is -3.94. The van der Waals surface area contributed by atoms with Gasteiger partial charge in [-0.1, -0.05) is 18.2 Å². The minimum Gasteiger partial charge on any atom is -0.497 e. The predicted molar refractivity (Wildman–Crippen MR) is 118 cm³/mol. The first-order valence-electron chi connectivity index (χ1n) is 9.61. The molecule has 0 saturated heterocycles. The lowest BCUT2D eigenvalue weighted by molar-refractivity contribution is -0.131. The van der Waals surface area contributed by atoms with Gasteiger partial charge in [0.2, 0.25) is 0 Å². The van der Waals surface area contributed by atoms with Crippen molar-refractivity contribution >= 4 is 23.4 Å². The maximum atomic E-state index is 12.4. The minimum absolute atomic E-state index is 0.216. The summed E-state index contributed by atoms with van der Waals surface area (Å²) in [4.78, 5) is 34.3. The third-order valence-corrected chi connectivity index (χ3v) is 4.37. The molecule has 1 N–H and O–H groups in total. The highest BCUT2D eigenvalue weighted by atomic mass is 16.5. The molecule has 3 aromatic rings. The zero-order valence-electron chi connectivity index (χ0n) is 17.9. The number of benzene rings is 2. The van der Waals surface area contributed by atoms with E-state index in [0.29, 0.717) is 40.8 Å². The molecule has 8 nitrogen and oxygen atoms in total. The van der Waals surface area contributed by atoms with Crippen LogP contribution in [0.3, 0.4) is 0 Å². The molecule has 160 valence electrons. The molecule has 8 heteroatoms. The van der Waals surface area contributed by atoms with Crippen LogP contribution in [0.2, 0.25) is 0 Å². The molecule has 0 aliphatic heterocycles. The van der Waals surface area contributed by atoms with Crippen molar-refractivity contribution in [2.24, 2.45) is 0 Å². The van der Waals surface area contributed by atoms with E-state index in [4.69, 9.17) is 9.47 Å². The molecule has 0 atom stereocenters. The number of amides is 1. The fraction of sp³-hybridized carbons (Fsp3) is 0.217. The molecule has 31 heavy (non-hydrogen) atoms. The van der Waals surface area contributed by atoms with E-state index in [1.807, 2.05) is 38.4 Å².